The van der Waals surface area contributed by atoms with Gasteiger partial charge in [0.1, 0.15) is 0 Å². The number of hydrogen-bond donors (Lipinski definition) is 1. The summed E-state index contributed by atoms with van der Waals surface area (Å²) in [5.41, 5.74) is 5.67. The smallest absolute Gasteiger partial charge is 0.276 e. The van der Waals surface area contributed by atoms with Crippen LogP contribution >= 0.6 is 0 Å². The van der Waals surface area contributed by atoms with Crippen molar-refractivity contribution < 1.29 is 4.79 Å². The molecule has 0 aliphatic carbocycles. The molecule has 0 unspecified atom stereocenters. The first kappa shape index (κ1) is 12.2. The summed E-state index contributed by atoms with van der Waals surface area (Å²) in [6, 6.07) is 0. The summed E-state index contributed by atoms with van der Waals surface area (Å²) >= 11 is 0. The maximum Gasteiger partial charge on any atom is 0.276 e. The highest BCUT2D eigenvalue weighted by Crippen LogP contribution is 2.00. The second-order valence-electron chi connectivity index (χ2n) is 3.18. The van der Waals surface area contributed by atoms with E-state index >= 15 is 0 Å². The van der Waals surface area contributed by atoms with Gasteiger partial charge in [0, 0.05) is 13.1 Å². The van der Waals surface area contributed by atoms with Crippen LogP contribution < -0.4 is 5.73 Å². The fourth-order valence-electron chi connectivity index (χ4n) is 1.24. The van der Waals surface area contributed by atoms with E-state index in [0.717, 1.165) is 0 Å². The summed E-state index contributed by atoms with van der Waals surface area (Å²) < 4.78 is 1.54. The lowest BCUT2D eigenvalue weighted by atomic mass is 10.3. The van der Waals surface area contributed by atoms with Gasteiger partial charge in [-0.05, 0) is 6.92 Å². The average Bonchev–Trinajstić information content (AvgIpc) is 2.74. The Bertz CT molecular complexity index is 392. The highest BCUT2D eigenvalue weighted by atomic mass is 16.2. The van der Waals surface area contributed by atoms with Gasteiger partial charge >= 0.3 is 0 Å². The van der Waals surface area contributed by atoms with Crippen LogP contribution in [-0.4, -0.2) is 45.4 Å². The van der Waals surface area contributed by atoms with Crippen molar-refractivity contribution in [1.82, 2.24) is 19.9 Å². The Morgan fingerprint density at radius 3 is 3.06 bits per heavy atom. The number of aromatic nitrogens is 3. The fourth-order valence-corrected chi connectivity index (χ4v) is 1.24. The summed E-state index contributed by atoms with van der Waals surface area (Å²) in [6.45, 7) is 3.69. The van der Waals surface area contributed by atoms with Crippen LogP contribution in [0.3, 0.4) is 0 Å². The second kappa shape index (κ2) is 5.88. The van der Waals surface area contributed by atoms with E-state index in [1.807, 2.05) is 6.92 Å². The molecule has 1 heterocycles. The minimum absolute atomic E-state index is 0.205. The van der Waals surface area contributed by atoms with Crippen molar-refractivity contribution in [2.45, 2.75) is 13.5 Å². The van der Waals surface area contributed by atoms with Crippen LogP contribution in [0.5, 0.6) is 0 Å². The largest absolute Gasteiger partial charge is 0.329 e. The van der Waals surface area contributed by atoms with Crippen molar-refractivity contribution in [3.05, 3.63) is 11.9 Å². The number of carbonyl (C=O) groups excluding carboxylic acids is 1. The van der Waals surface area contributed by atoms with Crippen LogP contribution in [0.4, 0.5) is 0 Å². The molecule has 86 valence electrons. The molecule has 0 fully saturated rings. The van der Waals surface area contributed by atoms with Gasteiger partial charge in [0.2, 0.25) is 0 Å². The third-order valence-electron chi connectivity index (χ3n) is 2.07. The van der Waals surface area contributed by atoms with E-state index in [1.165, 1.54) is 9.58 Å². The number of terminal acetylenes is 1. The lowest BCUT2D eigenvalue weighted by Gasteiger charge is -2.15. The summed E-state index contributed by atoms with van der Waals surface area (Å²) in [7, 11) is 0. The Balaban J connectivity index is 2.75. The molecule has 1 aromatic heterocycles. The molecule has 0 saturated heterocycles. The van der Waals surface area contributed by atoms with Gasteiger partial charge in [0.25, 0.3) is 5.91 Å². The van der Waals surface area contributed by atoms with Crippen molar-refractivity contribution in [3.8, 4) is 12.3 Å². The molecule has 0 aromatic carbocycles. The van der Waals surface area contributed by atoms with Crippen LogP contribution in [0.15, 0.2) is 6.20 Å². The molecule has 0 spiro atoms. The number of amides is 1. The van der Waals surface area contributed by atoms with Gasteiger partial charge in [-0.25, -0.2) is 0 Å². The van der Waals surface area contributed by atoms with Gasteiger partial charge in [-0.1, -0.05) is 11.1 Å². The molecular weight excluding hydrogens is 206 g/mol. The van der Waals surface area contributed by atoms with Gasteiger partial charge in [0.15, 0.2) is 5.69 Å². The van der Waals surface area contributed by atoms with Crippen LogP contribution in [0.25, 0.3) is 0 Å². The van der Waals surface area contributed by atoms with Gasteiger partial charge in [0.05, 0.1) is 19.3 Å². The summed E-state index contributed by atoms with van der Waals surface area (Å²) in [5, 5.41) is 7.57. The topological polar surface area (TPSA) is 77.0 Å². The van der Waals surface area contributed by atoms with E-state index in [4.69, 9.17) is 12.2 Å². The van der Waals surface area contributed by atoms with E-state index in [2.05, 4.69) is 16.2 Å². The third kappa shape index (κ3) is 2.81. The molecule has 16 heavy (non-hydrogen) atoms. The monoisotopic (exact) mass is 221 g/mol. The van der Waals surface area contributed by atoms with Crippen molar-refractivity contribution in [2.24, 2.45) is 5.73 Å². The zero-order chi connectivity index (χ0) is 12.0. The molecule has 1 aromatic rings. The molecule has 1 rings (SSSR count). The molecule has 0 aliphatic heterocycles. The van der Waals surface area contributed by atoms with E-state index < -0.39 is 0 Å². The third-order valence-corrected chi connectivity index (χ3v) is 2.07. The normalized spacial score (nSPS) is 9.81. The number of rotatable bonds is 5. The lowest BCUT2D eigenvalue weighted by Crippen LogP contribution is -2.31. The van der Waals surface area contributed by atoms with Crippen LogP contribution in [0.2, 0.25) is 0 Å². The zero-order valence-electron chi connectivity index (χ0n) is 9.26. The van der Waals surface area contributed by atoms with Gasteiger partial charge in [-0.2, -0.15) is 0 Å². The van der Waals surface area contributed by atoms with E-state index in [1.54, 1.807) is 6.20 Å². The summed E-state index contributed by atoms with van der Waals surface area (Å²) in [6.07, 6.45) is 6.75. The Kier molecular flexibility index (Phi) is 4.48. The van der Waals surface area contributed by atoms with Crippen molar-refractivity contribution in [3.63, 3.8) is 0 Å². The van der Waals surface area contributed by atoms with Crippen molar-refractivity contribution in [2.75, 3.05) is 19.6 Å². The number of nitrogens with two attached hydrogens (primary N) is 1. The maximum atomic E-state index is 11.9. The van der Waals surface area contributed by atoms with Gasteiger partial charge < -0.3 is 10.6 Å². The van der Waals surface area contributed by atoms with Crippen LogP contribution in [0.1, 0.15) is 17.4 Å². The number of hydrogen-bond acceptors (Lipinski definition) is 4. The minimum atomic E-state index is -0.205. The predicted molar refractivity (Wildman–Crippen MR) is 59.5 cm³/mol. The first-order valence-corrected chi connectivity index (χ1v) is 5.05. The maximum absolute atomic E-state index is 11.9. The molecule has 2 N–H and O–H groups in total. The SMILES string of the molecule is C#CCN(CC)C(=O)c1cn(CCN)nn1. The molecule has 6 nitrogen and oxygen atoms in total. The quantitative estimate of drug-likeness (QED) is 0.669. The summed E-state index contributed by atoms with van der Waals surface area (Å²) in [5.74, 6) is 2.23. The summed E-state index contributed by atoms with van der Waals surface area (Å²) in [4.78, 5) is 13.4. The van der Waals surface area contributed by atoms with Crippen LogP contribution in [-0.2, 0) is 6.54 Å². The molecule has 6 heteroatoms. The number of carbonyl (C=O) groups is 1. The first-order valence-electron chi connectivity index (χ1n) is 5.05. The molecule has 1 amide bonds. The highest BCUT2D eigenvalue weighted by Gasteiger charge is 2.16. The van der Waals surface area contributed by atoms with Crippen molar-refractivity contribution >= 4 is 5.91 Å². The Morgan fingerprint density at radius 1 is 1.75 bits per heavy atom. The van der Waals surface area contributed by atoms with Gasteiger partial charge in [-0.15, -0.1) is 11.5 Å². The van der Waals surface area contributed by atoms with E-state index in [9.17, 15) is 4.79 Å². The fraction of sp³-hybridized carbons (Fsp3) is 0.500. The molecular formula is C10H15N5O. The van der Waals surface area contributed by atoms with E-state index in [0.29, 0.717) is 25.3 Å². The standard InChI is InChI=1S/C10H15N5O/c1-3-6-14(4-2)10(16)9-8-15(7-5-11)13-12-9/h1,8H,4-7,11H2,2H3. The predicted octanol–water partition coefficient (Wildman–Crippen LogP) is -0.668. The number of nitrogens with zero attached hydrogens (tertiary/aromatic N) is 4. The molecule has 0 saturated carbocycles. The van der Waals surface area contributed by atoms with Crippen LogP contribution in [0, 0.1) is 12.3 Å². The molecule has 0 aliphatic rings. The Morgan fingerprint density at radius 2 is 2.50 bits per heavy atom. The van der Waals surface area contributed by atoms with Crippen molar-refractivity contribution in [1.29, 1.82) is 0 Å². The first-order chi connectivity index (χ1) is 7.72. The minimum Gasteiger partial charge on any atom is -0.329 e. The van der Waals surface area contributed by atoms with Gasteiger partial charge in [-0.3, -0.25) is 9.48 Å². The molecule has 0 radical (unpaired) electrons. The average molecular weight is 221 g/mol. The second-order valence-corrected chi connectivity index (χ2v) is 3.18. The highest BCUT2D eigenvalue weighted by molar-refractivity contribution is 5.92. The lowest BCUT2D eigenvalue weighted by molar-refractivity contribution is 0.0779. The van der Waals surface area contributed by atoms with E-state index in [-0.39, 0.29) is 12.5 Å². The Labute approximate surface area is 94.4 Å². The zero-order valence-corrected chi connectivity index (χ0v) is 9.26. The molecule has 0 atom stereocenters. The Hall–Kier alpha value is -1.87. The molecule has 0 bridgehead atoms.